The minimum absolute atomic E-state index is 0.0604. The van der Waals surface area contributed by atoms with Crippen LogP contribution in [0.3, 0.4) is 0 Å². The number of carbonyl (C=O) groups excluding carboxylic acids is 1. The van der Waals surface area contributed by atoms with Crippen molar-refractivity contribution in [1.82, 2.24) is 30.3 Å². The van der Waals surface area contributed by atoms with E-state index in [1.807, 2.05) is 60.7 Å². The maximum Gasteiger partial charge on any atom is 0.262 e. The molecule has 2 saturated heterocycles. The molecule has 1 amide bonds. The van der Waals surface area contributed by atoms with Crippen molar-refractivity contribution in [1.29, 1.82) is 0 Å². The molecule has 2 fully saturated rings. The van der Waals surface area contributed by atoms with E-state index in [-0.39, 0.29) is 23.6 Å². The number of pyridine rings is 2. The van der Waals surface area contributed by atoms with Gasteiger partial charge in [0, 0.05) is 90.5 Å². The molecule has 13 heteroatoms. The molecule has 5 heterocycles. The van der Waals surface area contributed by atoms with Crippen LogP contribution in [0, 0.1) is 0 Å². The molecule has 3 aromatic heterocycles. The summed E-state index contributed by atoms with van der Waals surface area (Å²) >= 11 is 14.2. The second-order valence-corrected chi connectivity index (χ2v) is 13.5. The molecular weight excluding hydrogens is 691 g/mol. The third kappa shape index (κ3) is 7.50. The Morgan fingerprint density at radius 3 is 2.49 bits per heavy atom. The summed E-state index contributed by atoms with van der Waals surface area (Å²) in [5, 5.41) is 20.8. The van der Waals surface area contributed by atoms with Gasteiger partial charge >= 0.3 is 0 Å². The molecular formula is C38H38Cl2N6O5. The third-order valence-corrected chi connectivity index (χ3v) is 10.3. The summed E-state index contributed by atoms with van der Waals surface area (Å²) in [6.45, 7) is 2.34. The van der Waals surface area contributed by atoms with Crippen LogP contribution in [-0.4, -0.2) is 70.4 Å². The lowest BCUT2D eigenvalue weighted by atomic mass is 9.97. The van der Waals surface area contributed by atoms with Gasteiger partial charge in [0.1, 0.15) is 5.65 Å². The molecule has 7 rings (SSSR count). The van der Waals surface area contributed by atoms with Gasteiger partial charge in [-0.3, -0.25) is 14.0 Å². The topological polar surface area (TPSA) is 139 Å². The Hall–Kier alpha value is -4.36. The smallest absolute Gasteiger partial charge is 0.262 e. The number of nitrogens with zero attached hydrogens (tertiary/aromatic N) is 3. The number of aliphatic hydroxyl groups excluding tert-OH is 1. The van der Waals surface area contributed by atoms with Crippen LogP contribution in [-0.2, 0) is 22.6 Å². The van der Waals surface area contributed by atoms with Gasteiger partial charge in [-0.05, 0) is 36.6 Å². The van der Waals surface area contributed by atoms with Crippen molar-refractivity contribution in [3.8, 4) is 39.4 Å². The van der Waals surface area contributed by atoms with Crippen molar-refractivity contribution >= 4 is 34.8 Å². The molecule has 0 bridgehead atoms. The zero-order valence-electron chi connectivity index (χ0n) is 28.0. The second-order valence-electron chi connectivity index (χ2n) is 12.8. The lowest BCUT2D eigenvalue weighted by Crippen LogP contribution is -2.46. The number of aromatic nitrogens is 3. The molecule has 0 aliphatic carbocycles. The number of ether oxygens (including phenoxy) is 2. The monoisotopic (exact) mass is 728 g/mol. The average molecular weight is 730 g/mol. The molecule has 4 N–H and O–H groups in total. The zero-order chi connectivity index (χ0) is 35.5. The van der Waals surface area contributed by atoms with E-state index < -0.39 is 6.10 Å². The standard InChI is InChI=1S/C38H38Cl2N6O5/c1-50-37-23(18-42-31-13-15-51-21-32(31)47)8-10-30(45-37)29-7-3-6-28(36(29)40)27-5-2-4-26(35(27)39)22-12-14-46-33(16-22)43-19-24(38(46)49)17-41-20-25-9-11-34(48)44-25/h2-8,10,12,14,16,19,25,31-32,41-42,47H,9,11,13,15,17-18,20-21H2,1H3,(H,44,48)/t25?,31-,32-/m0/s1. The van der Waals surface area contributed by atoms with Gasteiger partial charge in [-0.15, -0.1) is 0 Å². The van der Waals surface area contributed by atoms with Crippen LogP contribution in [0.2, 0.25) is 10.0 Å². The van der Waals surface area contributed by atoms with Crippen molar-refractivity contribution in [2.24, 2.45) is 0 Å². The number of amides is 1. The molecule has 11 nitrogen and oxygen atoms in total. The fourth-order valence-electron chi connectivity index (χ4n) is 6.65. The minimum Gasteiger partial charge on any atom is -0.481 e. The first-order chi connectivity index (χ1) is 24.8. The maximum atomic E-state index is 13.3. The zero-order valence-corrected chi connectivity index (χ0v) is 29.5. The van der Waals surface area contributed by atoms with Crippen LogP contribution >= 0.6 is 23.2 Å². The van der Waals surface area contributed by atoms with Crippen molar-refractivity contribution in [2.75, 3.05) is 26.9 Å². The van der Waals surface area contributed by atoms with Gasteiger partial charge in [0.15, 0.2) is 0 Å². The van der Waals surface area contributed by atoms with Gasteiger partial charge in [0.25, 0.3) is 5.56 Å². The van der Waals surface area contributed by atoms with Crippen molar-refractivity contribution in [3.05, 3.63) is 105 Å². The van der Waals surface area contributed by atoms with E-state index in [9.17, 15) is 14.7 Å². The number of carbonyl (C=O) groups is 1. The van der Waals surface area contributed by atoms with Crippen LogP contribution in [0.4, 0.5) is 0 Å². The van der Waals surface area contributed by atoms with E-state index in [1.54, 1.807) is 19.5 Å². The molecule has 1 unspecified atom stereocenters. The number of fused-ring (bicyclic) bond motifs is 1. The van der Waals surface area contributed by atoms with E-state index in [1.165, 1.54) is 4.40 Å². The van der Waals surface area contributed by atoms with Gasteiger partial charge in [-0.25, -0.2) is 9.97 Å². The Morgan fingerprint density at radius 2 is 1.75 bits per heavy atom. The van der Waals surface area contributed by atoms with Crippen molar-refractivity contribution < 1.29 is 19.4 Å². The van der Waals surface area contributed by atoms with E-state index in [4.69, 9.17) is 37.7 Å². The van der Waals surface area contributed by atoms with E-state index in [0.717, 1.165) is 46.2 Å². The quantitative estimate of drug-likeness (QED) is 0.148. The first kappa shape index (κ1) is 35.1. The second kappa shape index (κ2) is 15.5. The highest BCUT2D eigenvalue weighted by Crippen LogP contribution is 2.42. The summed E-state index contributed by atoms with van der Waals surface area (Å²) in [6, 6.07) is 19.1. The lowest BCUT2D eigenvalue weighted by molar-refractivity contribution is -0.119. The Morgan fingerprint density at radius 1 is 0.980 bits per heavy atom. The number of hydrogen-bond donors (Lipinski definition) is 4. The molecule has 0 saturated carbocycles. The molecule has 2 aromatic carbocycles. The number of halogens is 2. The number of rotatable bonds is 11. The highest BCUT2D eigenvalue weighted by atomic mass is 35.5. The van der Waals surface area contributed by atoms with Gasteiger partial charge in [-0.1, -0.05) is 65.7 Å². The maximum absolute atomic E-state index is 13.3. The number of nitrogens with one attached hydrogen (secondary N) is 3. The molecule has 5 aromatic rings. The Labute approximate surface area is 305 Å². The molecule has 2 aliphatic rings. The van der Waals surface area contributed by atoms with Crippen molar-refractivity contribution in [2.45, 2.75) is 50.5 Å². The predicted octanol–water partition coefficient (Wildman–Crippen LogP) is 5.01. The Bertz CT molecular complexity index is 2140. The summed E-state index contributed by atoms with van der Waals surface area (Å²) in [7, 11) is 1.58. The normalized spacial score (nSPS) is 19.0. The predicted molar refractivity (Wildman–Crippen MR) is 197 cm³/mol. The summed E-state index contributed by atoms with van der Waals surface area (Å²) in [5.74, 6) is 0.528. The minimum atomic E-state index is -0.563. The largest absolute Gasteiger partial charge is 0.481 e. The summed E-state index contributed by atoms with van der Waals surface area (Å²) in [4.78, 5) is 34.1. The van der Waals surface area contributed by atoms with Gasteiger partial charge in [0.2, 0.25) is 11.8 Å². The van der Waals surface area contributed by atoms with Gasteiger partial charge in [0.05, 0.1) is 35.6 Å². The van der Waals surface area contributed by atoms with E-state index in [2.05, 4.69) is 20.9 Å². The van der Waals surface area contributed by atoms with Crippen LogP contribution in [0.25, 0.3) is 39.2 Å². The van der Waals surface area contributed by atoms with Crippen LogP contribution < -0.4 is 26.2 Å². The first-order valence-corrected chi connectivity index (χ1v) is 17.7. The fourth-order valence-corrected chi connectivity index (χ4v) is 7.31. The number of aliphatic hydroxyl groups is 1. The van der Waals surface area contributed by atoms with Crippen LogP contribution in [0.1, 0.15) is 30.4 Å². The third-order valence-electron chi connectivity index (χ3n) is 9.46. The van der Waals surface area contributed by atoms with Gasteiger partial charge in [-0.2, -0.15) is 0 Å². The van der Waals surface area contributed by atoms with Crippen LogP contribution in [0.15, 0.2) is 77.9 Å². The molecule has 3 atom stereocenters. The number of methoxy groups -OCH3 is 1. The molecule has 0 spiro atoms. The summed E-state index contributed by atoms with van der Waals surface area (Å²) in [5.41, 5.74) is 6.15. The highest BCUT2D eigenvalue weighted by Gasteiger charge is 2.24. The summed E-state index contributed by atoms with van der Waals surface area (Å²) in [6.07, 6.45) is 4.78. The van der Waals surface area contributed by atoms with E-state index in [0.29, 0.717) is 72.1 Å². The van der Waals surface area contributed by atoms with Crippen LogP contribution in [0.5, 0.6) is 5.88 Å². The number of benzene rings is 2. The van der Waals surface area contributed by atoms with Crippen molar-refractivity contribution in [3.63, 3.8) is 0 Å². The Balaban J connectivity index is 1.12. The van der Waals surface area contributed by atoms with Gasteiger partial charge < -0.3 is 30.5 Å². The van der Waals surface area contributed by atoms with E-state index >= 15 is 0 Å². The molecule has 0 radical (unpaired) electrons. The first-order valence-electron chi connectivity index (χ1n) is 16.9. The molecule has 2 aliphatic heterocycles. The molecule has 264 valence electrons. The summed E-state index contributed by atoms with van der Waals surface area (Å²) < 4.78 is 12.5. The SMILES string of the molecule is COc1nc(-c2cccc(-c3cccc(-c4ccn5c(=O)c(CNCC6CCC(=O)N6)cnc5c4)c3Cl)c2Cl)ccc1CN[C@H]1CCOC[C@@H]1O. The highest BCUT2D eigenvalue weighted by molar-refractivity contribution is 6.39. The average Bonchev–Trinajstić information content (AvgIpc) is 3.57. The number of hydrogen-bond acceptors (Lipinski definition) is 9. The Kier molecular flexibility index (Phi) is 10.6. The lowest BCUT2D eigenvalue weighted by Gasteiger charge is -2.28. The molecule has 51 heavy (non-hydrogen) atoms. The fraction of sp³-hybridized carbons (Fsp3) is 0.316.